The molecule has 2 N–H and O–H groups in total. The van der Waals surface area contributed by atoms with E-state index in [1.54, 1.807) is 43.3 Å². The summed E-state index contributed by atoms with van der Waals surface area (Å²) < 4.78 is 39.1. The Balaban J connectivity index is 1.79. The number of carbonyl (C=O) groups excluding carboxylic acids is 1. The van der Waals surface area contributed by atoms with E-state index in [1.807, 2.05) is 18.2 Å². The van der Waals surface area contributed by atoms with Gasteiger partial charge in [0.15, 0.2) is 5.75 Å². The van der Waals surface area contributed by atoms with Crippen LogP contribution in [0.25, 0.3) is 0 Å². The van der Waals surface area contributed by atoms with E-state index in [4.69, 9.17) is 21.1 Å². The molecule has 0 aromatic heterocycles. The highest BCUT2D eigenvalue weighted by atomic mass is 35.5. The fourth-order valence-corrected chi connectivity index (χ4v) is 4.52. The lowest BCUT2D eigenvalue weighted by Crippen LogP contribution is -2.41. The molecule has 3 aromatic carbocycles. The summed E-state index contributed by atoms with van der Waals surface area (Å²) in [5, 5.41) is 3.07. The topological polar surface area (TPSA) is 93.7 Å². The second kappa shape index (κ2) is 10.0. The van der Waals surface area contributed by atoms with Crippen molar-refractivity contribution < 1.29 is 22.7 Å². The van der Waals surface area contributed by atoms with Crippen LogP contribution in [0.5, 0.6) is 17.2 Å². The summed E-state index contributed by atoms with van der Waals surface area (Å²) in [6, 6.07) is 17.5. The van der Waals surface area contributed by atoms with Crippen molar-refractivity contribution in [1.82, 2.24) is 4.72 Å². The average molecular weight is 475 g/mol. The van der Waals surface area contributed by atoms with Crippen LogP contribution >= 0.6 is 11.6 Å². The van der Waals surface area contributed by atoms with Crippen molar-refractivity contribution in [2.24, 2.45) is 0 Å². The Morgan fingerprint density at radius 2 is 1.69 bits per heavy atom. The van der Waals surface area contributed by atoms with Crippen molar-refractivity contribution in [3.8, 4) is 17.2 Å². The molecule has 0 saturated carbocycles. The lowest BCUT2D eigenvalue weighted by atomic mass is 10.2. The Kier molecular flexibility index (Phi) is 7.40. The Labute approximate surface area is 192 Å². The highest BCUT2D eigenvalue weighted by molar-refractivity contribution is 7.89. The van der Waals surface area contributed by atoms with Crippen molar-refractivity contribution >= 4 is 33.2 Å². The summed E-state index contributed by atoms with van der Waals surface area (Å²) in [5.74, 6) is 0.541. The summed E-state index contributed by atoms with van der Waals surface area (Å²) in [6.45, 7) is 3.21. The second-order valence-electron chi connectivity index (χ2n) is 7.04. The normalized spacial score (nSPS) is 12.1. The minimum absolute atomic E-state index is 0.0458. The summed E-state index contributed by atoms with van der Waals surface area (Å²) in [5.41, 5.74) is 1.05. The highest BCUT2D eigenvalue weighted by Crippen LogP contribution is 2.32. The van der Waals surface area contributed by atoms with Crippen molar-refractivity contribution in [1.29, 1.82) is 0 Å². The van der Waals surface area contributed by atoms with Crippen LogP contribution in [-0.2, 0) is 14.8 Å². The summed E-state index contributed by atoms with van der Waals surface area (Å²) in [6.07, 6.45) is 0. The van der Waals surface area contributed by atoms with Crippen molar-refractivity contribution in [3.63, 3.8) is 0 Å². The van der Waals surface area contributed by atoms with Crippen molar-refractivity contribution in [3.05, 3.63) is 77.3 Å². The number of halogens is 1. The first kappa shape index (κ1) is 23.6. The molecule has 168 valence electrons. The van der Waals surface area contributed by atoms with Crippen LogP contribution < -0.4 is 19.5 Å². The molecule has 1 amide bonds. The van der Waals surface area contributed by atoms with E-state index in [2.05, 4.69) is 10.0 Å². The molecule has 0 saturated heterocycles. The molecule has 0 heterocycles. The lowest BCUT2D eigenvalue weighted by Gasteiger charge is -2.18. The smallest absolute Gasteiger partial charge is 0.244 e. The number of rotatable bonds is 8. The summed E-state index contributed by atoms with van der Waals surface area (Å²) >= 11 is 6.09. The molecule has 0 spiro atoms. The van der Waals surface area contributed by atoms with Gasteiger partial charge in [0.25, 0.3) is 0 Å². The number of aryl methyl sites for hydroxylation is 1. The zero-order chi connectivity index (χ0) is 23.3. The maximum absolute atomic E-state index is 12.9. The molecular weight excluding hydrogens is 452 g/mol. The van der Waals surface area contributed by atoms with Gasteiger partial charge in [-0.05, 0) is 61.9 Å². The zero-order valence-corrected chi connectivity index (χ0v) is 19.3. The third-order valence-corrected chi connectivity index (χ3v) is 6.30. The molecule has 9 heteroatoms. The van der Waals surface area contributed by atoms with Gasteiger partial charge in [0, 0.05) is 5.02 Å². The van der Waals surface area contributed by atoms with Crippen LogP contribution in [0, 0.1) is 6.92 Å². The Hall–Kier alpha value is -3.07. The van der Waals surface area contributed by atoms with Gasteiger partial charge in [-0.25, -0.2) is 8.42 Å². The SMILES string of the molecule is COc1ccc(C)cc1S(=O)(=O)N[C@H](C)C(=O)Nc1cc(Cl)ccc1Oc1ccccc1. The molecule has 0 unspecified atom stereocenters. The third kappa shape index (κ3) is 5.79. The van der Waals surface area contributed by atoms with Gasteiger partial charge in [-0.15, -0.1) is 0 Å². The molecule has 32 heavy (non-hydrogen) atoms. The molecule has 0 aliphatic carbocycles. The largest absolute Gasteiger partial charge is 0.495 e. The molecular formula is C23H23ClN2O5S. The molecule has 7 nitrogen and oxygen atoms in total. The molecule has 0 bridgehead atoms. The van der Waals surface area contributed by atoms with E-state index < -0.39 is 22.0 Å². The number of anilines is 1. The first-order chi connectivity index (χ1) is 15.2. The number of amides is 1. The van der Waals surface area contributed by atoms with Gasteiger partial charge in [0.1, 0.15) is 16.4 Å². The molecule has 1 atom stereocenters. The number of nitrogens with one attached hydrogen (secondary N) is 2. The van der Waals surface area contributed by atoms with E-state index >= 15 is 0 Å². The average Bonchev–Trinajstić information content (AvgIpc) is 2.76. The maximum atomic E-state index is 12.9. The van der Waals surface area contributed by atoms with E-state index in [-0.39, 0.29) is 10.6 Å². The van der Waals surface area contributed by atoms with Crippen LogP contribution in [0.1, 0.15) is 12.5 Å². The standard InChI is InChI=1S/C23H23ClN2O5S/c1-15-9-11-21(30-3)22(13-15)32(28,29)26-16(2)23(27)25-19-14-17(24)10-12-20(19)31-18-7-5-4-6-8-18/h4-14,16,26H,1-3H3,(H,25,27)/t16-/m1/s1. The Morgan fingerprint density at radius 3 is 2.38 bits per heavy atom. The molecule has 3 aromatic rings. The fraction of sp³-hybridized carbons (Fsp3) is 0.174. The van der Waals surface area contributed by atoms with Gasteiger partial charge in [0.05, 0.1) is 18.8 Å². The predicted octanol–water partition coefficient (Wildman–Crippen LogP) is 4.75. The van der Waals surface area contributed by atoms with E-state index in [0.29, 0.717) is 22.2 Å². The number of carbonyl (C=O) groups is 1. The second-order valence-corrected chi connectivity index (χ2v) is 9.16. The van der Waals surface area contributed by atoms with Crippen LogP contribution in [0.4, 0.5) is 5.69 Å². The number of sulfonamides is 1. The predicted molar refractivity (Wildman–Crippen MR) is 124 cm³/mol. The molecule has 0 radical (unpaired) electrons. The molecule has 0 aliphatic rings. The van der Waals surface area contributed by atoms with Crippen LogP contribution in [0.15, 0.2) is 71.6 Å². The van der Waals surface area contributed by atoms with Gasteiger partial charge < -0.3 is 14.8 Å². The number of ether oxygens (including phenoxy) is 2. The molecule has 0 aliphatic heterocycles. The first-order valence-electron chi connectivity index (χ1n) is 9.70. The zero-order valence-electron chi connectivity index (χ0n) is 17.8. The highest BCUT2D eigenvalue weighted by Gasteiger charge is 2.26. The molecule has 3 rings (SSSR count). The van der Waals surface area contributed by atoms with Crippen molar-refractivity contribution in [2.45, 2.75) is 24.8 Å². The van der Waals surface area contributed by atoms with Crippen molar-refractivity contribution in [2.75, 3.05) is 12.4 Å². The van der Waals surface area contributed by atoms with Gasteiger partial charge >= 0.3 is 0 Å². The minimum atomic E-state index is -4.02. The third-order valence-electron chi connectivity index (χ3n) is 4.50. The minimum Gasteiger partial charge on any atom is -0.495 e. The van der Waals surface area contributed by atoms with Gasteiger partial charge in [-0.2, -0.15) is 4.72 Å². The molecule has 0 fully saturated rings. The number of methoxy groups -OCH3 is 1. The number of para-hydroxylation sites is 1. The number of hydrogen-bond acceptors (Lipinski definition) is 5. The van der Waals surface area contributed by atoms with E-state index in [1.165, 1.54) is 26.2 Å². The fourth-order valence-electron chi connectivity index (χ4n) is 2.89. The monoisotopic (exact) mass is 474 g/mol. The Bertz CT molecular complexity index is 1220. The van der Waals surface area contributed by atoms with Gasteiger partial charge in [-0.3, -0.25) is 4.79 Å². The number of hydrogen-bond donors (Lipinski definition) is 2. The maximum Gasteiger partial charge on any atom is 0.244 e. The van der Waals surface area contributed by atoms with Gasteiger partial charge in [-0.1, -0.05) is 35.9 Å². The number of benzene rings is 3. The van der Waals surface area contributed by atoms with Crippen LogP contribution in [0.3, 0.4) is 0 Å². The summed E-state index contributed by atoms with van der Waals surface area (Å²) in [7, 11) is -2.64. The van der Waals surface area contributed by atoms with Gasteiger partial charge in [0.2, 0.25) is 15.9 Å². The van der Waals surface area contributed by atoms with Crippen LogP contribution in [0.2, 0.25) is 5.02 Å². The van der Waals surface area contributed by atoms with E-state index in [0.717, 1.165) is 5.56 Å². The lowest BCUT2D eigenvalue weighted by molar-refractivity contribution is -0.117. The Morgan fingerprint density at radius 1 is 1.00 bits per heavy atom. The summed E-state index contributed by atoms with van der Waals surface area (Å²) in [4.78, 5) is 12.7. The van der Waals surface area contributed by atoms with Crippen LogP contribution in [-0.4, -0.2) is 27.5 Å². The first-order valence-corrected chi connectivity index (χ1v) is 11.6. The quantitative estimate of drug-likeness (QED) is 0.491. The van der Waals surface area contributed by atoms with E-state index in [9.17, 15) is 13.2 Å².